The van der Waals surface area contributed by atoms with Crippen LogP contribution in [0.25, 0.3) is 78.4 Å². The van der Waals surface area contributed by atoms with Crippen molar-refractivity contribution in [2.45, 2.75) is 6.42 Å². The first-order valence-electron chi connectivity index (χ1n) is 15.7. The molecule has 1 aliphatic carbocycles. The van der Waals surface area contributed by atoms with Crippen LogP contribution in [0.15, 0.2) is 152 Å². The fraction of sp³-hybridized carbons (Fsp3) is 0.0238. The van der Waals surface area contributed by atoms with Crippen molar-refractivity contribution in [3.05, 3.63) is 163 Å². The van der Waals surface area contributed by atoms with Gasteiger partial charge in [-0.2, -0.15) is 0 Å². The monoisotopic (exact) mass is 601 g/mol. The summed E-state index contributed by atoms with van der Waals surface area (Å²) >= 11 is 0. The molecule has 2 heterocycles. The second-order valence-electron chi connectivity index (χ2n) is 11.8. The Hall–Kier alpha value is -6.33. The van der Waals surface area contributed by atoms with E-state index in [1.165, 1.54) is 22.1 Å². The SMILES string of the molecule is c1ccc(-c2cccc(-c3nc(-c4ccccc4)nc(-c4cc(-c5cccc6c5Cc5cncnc5-6)c5ccccc5c4)n3)c2)cc1. The molecular weight excluding hydrogens is 574 g/mol. The van der Waals surface area contributed by atoms with Crippen molar-refractivity contribution in [1.29, 1.82) is 0 Å². The number of fused-ring (bicyclic) bond motifs is 4. The van der Waals surface area contributed by atoms with E-state index in [0.717, 1.165) is 56.4 Å². The fourth-order valence-corrected chi connectivity index (χ4v) is 6.65. The van der Waals surface area contributed by atoms with Gasteiger partial charge < -0.3 is 0 Å². The first-order chi connectivity index (χ1) is 23.3. The van der Waals surface area contributed by atoms with Crippen molar-refractivity contribution in [1.82, 2.24) is 24.9 Å². The summed E-state index contributed by atoms with van der Waals surface area (Å²) in [6, 6.07) is 48.4. The summed E-state index contributed by atoms with van der Waals surface area (Å²) in [7, 11) is 0. The van der Waals surface area contributed by atoms with Gasteiger partial charge in [-0.1, -0.05) is 121 Å². The van der Waals surface area contributed by atoms with Crippen LogP contribution < -0.4 is 0 Å². The summed E-state index contributed by atoms with van der Waals surface area (Å²) < 4.78 is 0. The van der Waals surface area contributed by atoms with Gasteiger partial charge in [0.05, 0.1) is 5.69 Å². The van der Waals surface area contributed by atoms with E-state index in [9.17, 15) is 0 Å². The zero-order valence-corrected chi connectivity index (χ0v) is 25.4. The first kappa shape index (κ1) is 27.0. The molecule has 0 atom stereocenters. The van der Waals surface area contributed by atoms with E-state index >= 15 is 0 Å². The van der Waals surface area contributed by atoms with E-state index in [4.69, 9.17) is 15.0 Å². The van der Waals surface area contributed by atoms with Crippen LogP contribution in [0, 0.1) is 0 Å². The Morgan fingerprint density at radius 2 is 1.09 bits per heavy atom. The van der Waals surface area contributed by atoms with Crippen LogP contribution in [0.2, 0.25) is 0 Å². The molecular formula is C42H27N5. The maximum absolute atomic E-state index is 5.14. The molecule has 220 valence electrons. The molecule has 0 unspecified atom stereocenters. The number of hydrogen-bond donors (Lipinski definition) is 0. The fourth-order valence-electron chi connectivity index (χ4n) is 6.65. The van der Waals surface area contributed by atoms with Gasteiger partial charge in [-0.05, 0) is 56.8 Å². The summed E-state index contributed by atoms with van der Waals surface area (Å²) in [6.45, 7) is 0. The molecule has 5 heteroatoms. The summed E-state index contributed by atoms with van der Waals surface area (Å²) in [5, 5.41) is 2.31. The van der Waals surface area contributed by atoms with E-state index in [1.807, 2.05) is 42.6 Å². The van der Waals surface area contributed by atoms with E-state index in [1.54, 1.807) is 6.33 Å². The molecule has 0 fully saturated rings. The highest BCUT2D eigenvalue weighted by Gasteiger charge is 2.24. The average molecular weight is 602 g/mol. The van der Waals surface area contributed by atoms with Gasteiger partial charge in [0.25, 0.3) is 0 Å². The summed E-state index contributed by atoms with van der Waals surface area (Å²) in [5.41, 5.74) is 12.0. The molecule has 47 heavy (non-hydrogen) atoms. The van der Waals surface area contributed by atoms with Crippen molar-refractivity contribution in [2.24, 2.45) is 0 Å². The minimum atomic E-state index is 0.632. The predicted molar refractivity (Wildman–Crippen MR) is 188 cm³/mol. The minimum absolute atomic E-state index is 0.632. The second kappa shape index (κ2) is 11.2. The van der Waals surface area contributed by atoms with Gasteiger partial charge >= 0.3 is 0 Å². The normalized spacial score (nSPS) is 11.7. The third-order valence-electron chi connectivity index (χ3n) is 8.89. The largest absolute Gasteiger partial charge is 0.244 e. The molecule has 0 radical (unpaired) electrons. The van der Waals surface area contributed by atoms with Crippen LogP contribution in [0.3, 0.4) is 0 Å². The molecule has 5 nitrogen and oxygen atoms in total. The van der Waals surface area contributed by atoms with Gasteiger partial charge in [0.1, 0.15) is 6.33 Å². The smallest absolute Gasteiger partial charge is 0.164 e. The summed E-state index contributed by atoms with van der Waals surface area (Å²) in [4.78, 5) is 24.2. The van der Waals surface area contributed by atoms with Crippen LogP contribution in [0.1, 0.15) is 11.1 Å². The van der Waals surface area contributed by atoms with Crippen LogP contribution in [-0.2, 0) is 6.42 Å². The van der Waals surface area contributed by atoms with Crippen LogP contribution >= 0.6 is 0 Å². The Labute approximate surface area is 272 Å². The molecule has 0 amide bonds. The summed E-state index contributed by atoms with van der Waals surface area (Å²) in [5.74, 6) is 1.91. The van der Waals surface area contributed by atoms with Crippen LogP contribution in [-0.4, -0.2) is 24.9 Å². The van der Waals surface area contributed by atoms with Crippen molar-refractivity contribution in [2.75, 3.05) is 0 Å². The molecule has 9 rings (SSSR count). The lowest BCUT2D eigenvalue weighted by Crippen LogP contribution is -2.01. The lowest BCUT2D eigenvalue weighted by Gasteiger charge is -2.15. The maximum Gasteiger partial charge on any atom is 0.164 e. The highest BCUT2D eigenvalue weighted by atomic mass is 15.0. The Balaban J connectivity index is 1.25. The number of benzene rings is 6. The molecule has 6 aromatic carbocycles. The number of rotatable bonds is 5. The lowest BCUT2D eigenvalue weighted by molar-refractivity contribution is 1.07. The maximum atomic E-state index is 5.14. The minimum Gasteiger partial charge on any atom is -0.244 e. The van der Waals surface area contributed by atoms with E-state index in [-0.39, 0.29) is 0 Å². The highest BCUT2D eigenvalue weighted by molar-refractivity contribution is 6.01. The van der Waals surface area contributed by atoms with E-state index in [2.05, 4.69) is 113 Å². The third kappa shape index (κ3) is 4.86. The molecule has 1 aliphatic rings. The Morgan fingerprint density at radius 1 is 0.447 bits per heavy atom. The van der Waals surface area contributed by atoms with Gasteiger partial charge in [0.2, 0.25) is 0 Å². The Morgan fingerprint density at radius 3 is 1.91 bits per heavy atom. The van der Waals surface area contributed by atoms with E-state index < -0.39 is 0 Å². The van der Waals surface area contributed by atoms with Crippen molar-refractivity contribution < 1.29 is 0 Å². The standard InChI is InChI=1S/C42H27N5/c1-3-11-27(12-4-1)29-16-9-17-31(21-29)41-45-40(28-13-5-2-6-14-28)46-42(47-41)32-22-30-15-7-8-18-34(30)37(23-32)35-19-10-20-36-38(35)24-33-25-43-26-44-39(33)36/h1-23,25-26H,24H2. The predicted octanol–water partition coefficient (Wildman–Crippen LogP) is 9.72. The Kier molecular flexibility index (Phi) is 6.46. The molecule has 0 spiro atoms. The van der Waals surface area contributed by atoms with Crippen LogP contribution in [0.4, 0.5) is 0 Å². The molecule has 2 aromatic heterocycles. The summed E-state index contributed by atoms with van der Waals surface area (Å²) in [6.07, 6.45) is 4.37. The Bertz CT molecular complexity index is 2440. The number of aromatic nitrogens is 5. The average Bonchev–Trinajstić information content (AvgIpc) is 3.54. The zero-order valence-electron chi connectivity index (χ0n) is 25.4. The lowest BCUT2D eigenvalue weighted by atomic mass is 9.90. The molecule has 0 saturated carbocycles. The molecule has 8 aromatic rings. The van der Waals surface area contributed by atoms with Gasteiger partial charge in [-0.25, -0.2) is 24.9 Å². The molecule has 0 aliphatic heterocycles. The molecule has 0 N–H and O–H groups in total. The van der Waals surface area contributed by atoms with Gasteiger partial charge in [-0.15, -0.1) is 0 Å². The van der Waals surface area contributed by atoms with Crippen molar-refractivity contribution in [3.63, 3.8) is 0 Å². The number of hydrogen-bond acceptors (Lipinski definition) is 5. The second-order valence-corrected chi connectivity index (χ2v) is 11.8. The quantitative estimate of drug-likeness (QED) is 0.197. The topological polar surface area (TPSA) is 64.5 Å². The van der Waals surface area contributed by atoms with Gasteiger partial charge in [-0.3, -0.25) is 0 Å². The van der Waals surface area contributed by atoms with Crippen molar-refractivity contribution >= 4 is 10.8 Å². The molecule has 0 saturated heterocycles. The zero-order chi connectivity index (χ0) is 31.2. The van der Waals surface area contributed by atoms with Gasteiger partial charge in [0.15, 0.2) is 17.5 Å². The van der Waals surface area contributed by atoms with Crippen molar-refractivity contribution in [3.8, 4) is 67.7 Å². The van der Waals surface area contributed by atoms with Gasteiger partial charge in [0, 0.05) is 40.4 Å². The number of nitrogens with zero attached hydrogens (tertiary/aromatic N) is 5. The third-order valence-corrected chi connectivity index (χ3v) is 8.89. The van der Waals surface area contributed by atoms with Crippen LogP contribution in [0.5, 0.6) is 0 Å². The van der Waals surface area contributed by atoms with E-state index in [0.29, 0.717) is 17.5 Å². The first-order valence-corrected chi connectivity index (χ1v) is 15.7. The molecule has 0 bridgehead atoms. The highest BCUT2D eigenvalue weighted by Crippen LogP contribution is 2.43.